The van der Waals surface area contributed by atoms with Crippen LogP contribution in [0, 0.1) is 11.8 Å². The quantitative estimate of drug-likeness (QED) is 0.0862. The highest BCUT2D eigenvalue weighted by Gasteiger charge is 2.25. The average molecular weight is 710 g/mol. The molecular weight excluding hydrogens is 658 g/mol. The van der Waals surface area contributed by atoms with Gasteiger partial charge in [0, 0.05) is 18.3 Å². The third-order valence-corrected chi connectivity index (χ3v) is 9.96. The normalized spacial score (nSPS) is 16.6. The van der Waals surface area contributed by atoms with Gasteiger partial charge in [0.2, 0.25) is 17.7 Å². The number of rotatable bonds is 18. The van der Waals surface area contributed by atoms with Crippen LogP contribution in [0.25, 0.3) is 0 Å². The topological polar surface area (TPSA) is 226 Å². The molecule has 0 radical (unpaired) electrons. The van der Waals surface area contributed by atoms with Crippen LogP contribution in [-0.2, 0) is 22.7 Å². The summed E-state index contributed by atoms with van der Waals surface area (Å²) in [5.41, 5.74) is 1.70. The van der Waals surface area contributed by atoms with Gasteiger partial charge in [-0.3, -0.25) is 14.8 Å². The zero-order valence-corrected chi connectivity index (χ0v) is 29.3. The Balaban J connectivity index is 0.000000198. The molecule has 0 aromatic carbocycles. The maximum atomic E-state index is 11.7. The van der Waals surface area contributed by atoms with Crippen LogP contribution in [0.2, 0.25) is 0 Å². The van der Waals surface area contributed by atoms with Crippen LogP contribution < -0.4 is 5.48 Å². The molecule has 2 saturated carbocycles. The molecule has 0 aliphatic heterocycles. The number of hydroxylamine groups is 1. The van der Waals surface area contributed by atoms with Crippen molar-refractivity contribution in [3.63, 3.8) is 0 Å². The molecule has 4 aromatic rings. The monoisotopic (exact) mass is 709 g/mol. The van der Waals surface area contributed by atoms with Gasteiger partial charge < -0.3 is 14.2 Å². The highest BCUT2D eigenvalue weighted by atomic mass is 16.5. The Morgan fingerprint density at radius 1 is 0.745 bits per heavy atom. The number of aromatic nitrogens is 10. The molecule has 6 rings (SSSR count). The average Bonchev–Trinajstić information content (AvgIpc) is 3.99. The third-order valence-electron chi connectivity index (χ3n) is 9.96. The summed E-state index contributed by atoms with van der Waals surface area (Å²) in [7, 11) is 0. The minimum Gasteiger partial charge on any atom is -0.481 e. The Morgan fingerprint density at radius 2 is 1.22 bits per heavy atom. The molecule has 2 aliphatic carbocycles. The van der Waals surface area contributed by atoms with E-state index in [1.165, 1.54) is 76.9 Å². The van der Waals surface area contributed by atoms with Crippen LogP contribution in [0.15, 0.2) is 34.4 Å². The molecular formula is C34H51N11O6. The zero-order valence-electron chi connectivity index (χ0n) is 29.3. The maximum Gasteiger partial charge on any atom is 0.304 e. The Morgan fingerprint density at radius 3 is 1.63 bits per heavy atom. The van der Waals surface area contributed by atoms with Gasteiger partial charge in [0.25, 0.3) is 0 Å². The van der Waals surface area contributed by atoms with E-state index in [1.54, 1.807) is 27.5 Å². The number of carbonyl (C=O) groups is 2. The Kier molecular flexibility index (Phi) is 15.0. The minimum absolute atomic E-state index is 0.0234. The number of carboxylic acid groups (broad SMARTS) is 1. The fourth-order valence-electron chi connectivity index (χ4n) is 7.28. The molecule has 0 bridgehead atoms. The second kappa shape index (κ2) is 20.3. The van der Waals surface area contributed by atoms with Crippen molar-refractivity contribution < 1.29 is 28.9 Å². The lowest BCUT2D eigenvalue weighted by molar-refractivity contribution is -0.137. The summed E-state index contributed by atoms with van der Waals surface area (Å²) in [6.07, 6.45) is 25.4. The number of carboxylic acids is 1. The standard InChI is InChI=1S/C17H26N6O3.C17H25N5O3/c24-16(21-25)9-14(8-4-7-13-5-2-1-3-6-13)17-20-15(22-26-17)10-23-12-18-11-19-23;23-16(24)9-14(8-4-7-13-5-2-1-3-6-13)17-20-15(21-25-17)10-22-12-18-11-19-22/h11-14,25H,1-10H2,(H,21,24);11-14H,1-10H2,(H,23,24)/t2*14-/m11/s1. The molecule has 4 aromatic heterocycles. The molecule has 4 heterocycles. The van der Waals surface area contributed by atoms with E-state index in [0.29, 0.717) is 36.5 Å². The van der Waals surface area contributed by atoms with Gasteiger partial charge in [-0.25, -0.2) is 24.8 Å². The van der Waals surface area contributed by atoms with Crippen molar-refractivity contribution >= 4 is 11.9 Å². The van der Waals surface area contributed by atoms with E-state index < -0.39 is 11.9 Å². The first-order valence-electron chi connectivity index (χ1n) is 18.4. The molecule has 0 saturated heterocycles. The fourth-order valence-corrected chi connectivity index (χ4v) is 7.28. The number of aliphatic carboxylic acids is 1. The first kappa shape index (κ1) is 37.7. The molecule has 278 valence electrons. The predicted molar refractivity (Wildman–Crippen MR) is 180 cm³/mol. The number of hydrogen-bond donors (Lipinski definition) is 3. The summed E-state index contributed by atoms with van der Waals surface area (Å²) in [5, 5.41) is 34.0. The van der Waals surface area contributed by atoms with Crippen LogP contribution in [0.1, 0.15) is 151 Å². The largest absolute Gasteiger partial charge is 0.481 e. The third kappa shape index (κ3) is 12.9. The van der Waals surface area contributed by atoms with Gasteiger partial charge >= 0.3 is 5.97 Å². The summed E-state index contributed by atoms with van der Waals surface area (Å²) in [5.74, 6) is 1.73. The van der Waals surface area contributed by atoms with Gasteiger partial charge in [0.1, 0.15) is 38.4 Å². The second-order valence-corrected chi connectivity index (χ2v) is 13.9. The van der Waals surface area contributed by atoms with Crippen molar-refractivity contribution in [3.8, 4) is 0 Å². The molecule has 51 heavy (non-hydrogen) atoms. The van der Waals surface area contributed by atoms with E-state index in [-0.39, 0.29) is 24.7 Å². The summed E-state index contributed by atoms with van der Waals surface area (Å²) in [6, 6.07) is 0. The number of nitrogens with one attached hydrogen (secondary N) is 1. The van der Waals surface area contributed by atoms with E-state index in [4.69, 9.17) is 14.3 Å². The van der Waals surface area contributed by atoms with Crippen LogP contribution in [0.3, 0.4) is 0 Å². The molecule has 17 heteroatoms. The first-order valence-corrected chi connectivity index (χ1v) is 18.4. The molecule has 2 fully saturated rings. The second-order valence-electron chi connectivity index (χ2n) is 13.9. The first-order chi connectivity index (χ1) is 24.9. The molecule has 3 N–H and O–H groups in total. The smallest absolute Gasteiger partial charge is 0.304 e. The van der Waals surface area contributed by atoms with Crippen molar-refractivity contribution in [2.75, 3.05) is 0 Å². The molecule has 0 unspecified atom stereocenters. The lowest BCUT2D eigenvalue weighted by atomic mass is 9.84. The van der Waals surface area contributed by atoms with Crippen molar-refractivity contribution in [3.05, 3.63) is 48.7 Å². The lowest BCUT2D eigenvalue weighted by Gasteiger charge is -2.22. The van der Waals surface area contributed by atoms with Crippen LogP contribution >= 0.6 is 0 Å². The van der Waals surface area contributed by atoms with E-state index in [1.807, 2.05) is 0 Å². The van der Waals surface area contributed by atoms with Gasteiger partial charge in [-0.2, -0.15) is 20.2 Å². The minimum atomic E-state index is -0.835. The number of carbonyl (C=O) groups excluding carboxylic acids is 1. The Hall–Kier alpha value is -4.54. The summed E-state index contributed by atoms with van der Waals surface area (Å²) in [6.45, 7) is 0.732. The summed E-state index contributed by atoms with van der Waals surface area (Å²) >= 11 is 0. The van der Waals surface area contributed by atoms with Gasteiger partial charge in [0.15, 0.2) is 11.6 Å². The van der Waals surface area contributed by atoms with E-state index in [9.17, 15) is 14.7 Å². The molecule has 17 nitrogen and oxygen atoms in total. The fraction of sp³-hybridized carbons (Fsp3) is 0.706. The highest BCUT2D eigenvalue weighted by molar-refractivity contribution is 5.75. The van der Waals surface area contributed by atoms with Crippen LogP contribution in [-0.4, -0.2) is 72.0 Å². The predicted octanol–water partition coefficient (Wildman–Crippen LogP) is 5.46. The Labute approximate surface area is 297 Å². The highest BCUT2D eigenvalue weighted by Crippen LogP contribution is 2.32. The van der Waals surface area contributed by atoms with Crippen molar-refractivity contribution in [2.24, 2.45) is 11.8 Å². The van der Waals surface area contributed by atoms with Crippen LogP contribution in [0.5, 0.6) is 0 Å². The zero-order chi connectivity index (χ0) is 35.7. The number of hydrogen-bond acceptors (Lipinski definition) is 13. The van der Waals surface area contributed by atoms with Crippen LogP contribution in [0.4, 0.5) is 0 Å². The van der Waals surface area contributed by atoms with Crippen molar-refractivity contribution in [1.29, 1.82) is 0 Å². The summed E-state index contributed by atoms with van der Waals surface area (Å²) < 4.78 is 13.9. The summed E-state index contributed by atoms with van der Waals surface area (Å²) in [4.78, 5) is 39.4. The molecule has 2 atom stereocenters. The van der Waals surface area contributed by atoms with Gasteiger partial charge in [-0.1, -0.05) is 100 Å². The van der Waals surface area contributed by atoms with Crippen molar-refractivity contribution in [2.45, 2.75) is 141 Å². The molecule has 1 amide bonds. The Bertz CT molecular complexity index is 1550. The maximum absolute atomic E-state index is 11.7. The molecule has 0 spiro atoms. The lowest BCUT2D eigenvalue weighted by Crippen LogP contribution is -2.21. The number of nitrogens with zero attached hydrogens (tertiary/aromatic N) is 10. The number of amides is 1. The van der Waals surface area contributed by atoms with E-state index in [2.05, 4.69) is 40.4 Å². The van der Waals surface area contributed by atoms with Gasteiger partial charge in [-0.15, -0.1) is 0 Å². The SMILES string of the molecule is O=C(C[C@@H](CCCC1CCCCC1)c1nc(Cn2cncn2)no1)NO.O=C(O)C[C@@H](CCCC1CCCCC1)c1nc(Cn2cncn2)no1. The van der Waals surface area contributed by atoms with Gasteiger partial charge in [0.05, 0.1) is 6.42 Å². The van der Waals surface area contributed by atoms with E-state index >= 15 is 0 Å². The molecule has 2 aliphatic rings. The van der Waals surface area contributed by atoms with E-state index in [0.717, 1.165) is 50.4 Å². The van der Waals surface area contributed by atoms with Gasteiger partial charge in [-0.05, 0) is 24.7 Å². The van der Waals surface area contributed by atoms with Crippen molar-refractivity contribution in [1.82, 2.24) is 55.3 Å².